The van der Waals surface area contributed by atoms with E-state index in [1.807, 2.05) is 6.92 Å². The molecule has 1 fully saturated rings. The van der Waals surface area contributed by atoms with Crippen molar-refractivity contribution in [3.8, 4) is 0 Å². The highest BCUT2D eigenvalue weighted by atomic mass is 35.5. The molecule has 1 aromatic rings. The molecule has 2 rings (SSSR count). The van der Waals surface area contributed by atoms with Gasteiger partial charge in [0, 0.05) is 23.7 Å². The summed E-state index contributed by atoms with van der Waals surface area (Å²) in [6.07, 6.45) is 0. The lowest BCUT2D eigenvalue weighted by Gasteiger charge is -2.15. The summed E-state index contributed by atoms with van der Waals surface area (Å²) in [7, 11) is 0. The highest BCUT2D eigenvalue weighted by molar-refractivity contribution is 8.00. The number of carboxylic acids is 1. The zero-order valence-electron chi connectivity index (χ0n) is 12.7. The fourth-order valence-corrected chi connectivity index (χ4v) is 3.47. The van der Waals surface area contributed by atoms with Crippen LogP contribution in [0.15, 0.2) is 24.3 Å². The predicted octanol–water partition coefficient (Wildman–Crippen LogP) is 2.44. The van der Waals surface area contributed by atoms with Gasteiger partial charge in [0.05, 0.1) is 17.4 Å². The number of hydrogen-bond acceptors (Lipinski definition) is 4. The smallest absolute Gasteiger partial charge is 0.308 e. The molecular formula is C16H18ClNO4S. The first-order valence-electron chi connectivity index (χ1n) is 7.25. The number of amides is 1. The van der Waals surface area contributed by atoms with E-state index < -0.39 is 11.9 Å². The van der Waals surface area contributed by atoms with E-state index in [1.54, 1.807) is 29.2 Å². The van der Waals surface area contributed by atoms with Gasteiger partial charge in [-0.15, -0.1) is 11.8 Å². The lowest BCUT2D eigenvalue weighted by atomic mass is 9.99. The van der Waals surface area contributed by atoms with Gasteiger partial charge in [0.15, 0.2) is 5.78 Å². The molecule has 1 heterocycles. The Morgan fingerprint density at radius 3 is 2.43 bits per heavy atom. The van der Waals surface area contributed by atoms with E-state index in [-0.39, 0.29) is 35.7 Å². The normalized spacial score (nSPS) is 20.5. The van der Waals surface area contributed by atoms with Crippen molar-refractivity contribution in [2.45, 2.75) is 6.92 Å². The Balaban J connectivity index is 1.78. The highest BCUT2D eigenvalue weighted by Crippen LogP contribution is 2.24. The first-order chi connectivity index (χ1) is 10.9. The first kappa shape index (κ1) is 17.8. The number of ketones is 1. The van der Waals surface area contributed by atoms with E-state index in [2.05, 4.69) is 0 Å². The molecule has 7 heteroatoms. The van der Waals surface area contributed by atoms with Gasteiger partial charge in [-0.05, 0) is 30.2 Å². The molecule has 1 aromatic carbocycles. The number of aliphatic carboxylic acids is 1. The summed E-state index contributed by atoms with van der Waals surface area (Å²) in [5.74, 6) is -1.19. The van der Waals surface area contributed by atoms with Gasteiger partial charge in [0.25, 0.3) is 0 Å². The number of Topliss-reactive ketones (excluding diaryl/α,β-unsaturated/α-hetero) is 1. The van der Waals surface area contributed by atoms with E-state index in [9.17, 15) is 14.4 Å². The molecule has 0 bridgehead atoms. The van der Waals surface area contributed by atoms with Crippen molar-refractivity contribution in [3.63, 3.8) is 0 Å². The largest absolute Gasteiger partial charge is 0.481 e. The Labute approximate surface area is 144 Å². The lowest BCUT2D eigenvalue weighted by molar-refractivity contribution is -0.142. The Morgan fingerprint density at radius 1 is 1.22 bits per heavy atom. The lowest BCUT2D eigenvalue weighted by Crippen LogP contribution is -2.31. The summed E-state index contributed by atoms with van der Waals surface area (Å²) in [4.78, 5) is 36.7. The van der Waals surface area contributed by atoms with Crippen molar-refractivity contribution in [1.82, 2.24) is 4.90 Å². The third-order valence-corrected chi connectivity index (χ3v) is 5.08. The molecule has 1 aliphatic rings. The Kier molecular flexibility index (Phi) is 6.07. The third-order valence-electron chi connectivity index (χ3n) is 3.91. The van der Waals surface area contributed by atoms with Gasteiger partial charge in [-0.1, -0.05) is 18.5 Å². The van der Waals surface area contributed by atoms with Crippen molar-refractivity contribution >= 4 is 41.0 Å². The van der Waals surface area contributed by atoms with Crippen LogP contribution in [-0.4, -0.2) is 52.3 Å². The Hall–Kier alpha value is -1.53. The van der Waals surface area contributed by atoms with E-state index in [0.29, 0.717) is 17.1 Å². The van der Waals surface area contributed by atoms with Crippen molar-refractivity contribution < 1.29 is 19.5 Å². The standard InChI is InChI=1S/C16H18ClNO4S/c1-10-6-18(7-13(10)16(21)22)15(20)9-23-8-14(19)11-2-4-12(17)5-3-11/h2-5,10,13H,6-9H2,1H3,(H,21,22)/t10-,13-/m1/s1. The van der Waals surface area contributed by atoms with Crippen LogP contribution in [0.1, 0.15) is 17.3 Å². The van der Waals surface area contributed by atoms with Gasteiger partial charge in [-0.25, -0.2) is 0 Å². The van der Waals surface area contributed by atoms with Crippen LogP contribution in [0, 0.1) is 11.8 Å². The molecular weight excluding hydrogens is 338 g/mol. The van der Waals surface area contributed by atoms with Crippen LogP contribution >= 0.6 is 23.4 Å². The minimum absolute atomic E-state index is 0.0443. The number of rotatable bonds is 6. The maximum Gasteiger partial charge on any atom is 0.308 e. The van der Waals surface area contributed by atoms with Gasteiger partial charge < -0.3 is 10.0 Å². The topological polar surface area (TPSA) is 74.7 Å². The van der Waals surface area contributed by atoms with Gasteiger partial charge in [-0.2, -0.15) is 0 Å². The third kappa shape index (κ3) is 4.72. The summed E-state index contributed by atoms with van der Waals surface area (Å²) in [6, 6.07) is 6.63. The summed E-state index contributed by atoms with van der Waals surface area (Å²) in [6.45, 7) is 2.55. The number of benzene rings is 1. The molecule has 0 unspecified atom stereocenters. The zero-order chi connectivity index (χ0) is 17.0. The van der Waals surface area contributed by atoms with Crippen molar-refractivity contribution in [3.05, 3.63) is 34.9 Å². The number of halogens is 1. The quantitative estimate of drug-likeness (QED) is 0.793. The van der Waals surface area contributed by atoms with Gasteiger partial charge >= 0.3 is 5.97 Å². The SMILES string of the molecule is C[C@@H]1CN(C(=O)CSCC(=O)c2ccc(Cl)cc2)C[C@H]1C(=O)O. The molecule has 0 aromatic heterocycles. The number of thioether (sulfide) groups is 1. The number of nitrogens with zero attached hydrogens (tertiary/aromatic N) is 1. The van der Waals surface area contributed by atoms with Crippen LogP contribution < -0.4 is 0 Å². The molecule has 5 nitrogen and oxygen atoms in total. The van der Waals surface area contributed by atoms with E-state index >= 15 is 0 Å². The van der Waals surface area contributed by atoms with E-state index in [4.69, 9.17) is 16.7 Å². The molecule has 23 heavy (non-hydrogen) atoms. The van der Waals surface area contributed by atoms with Crippen LogP contribution in [0.2, 0.25) is 5.02 Å². The monoisotopic (exact) mass is 355 g/mol. The zero-order valence-corrected chi connectivity index (χ0v) is 14.3. The molecule has 2 atom stereocenters. The number of carbonyl (C=O) groups is 3. The maximum absolute atomic E-state index is 12.1. The average molecular weight is 356 g/mol. The number of carbonyl (C=O) groups excluding carboxylic acids is 2. The number of carboxylic acid groups (broad SMARTS) is 1. The second kappa shape index (κ2) is 7.84. The highest BCUT2D eigenvalue weighted by Gasteiger charge is 2.36. The van der Waals surface area contributed by atoms with Crippen molar-refractivity contribution in [2.75, 3.05) is 24.6 Å². The second-order valence-corrected chi connectivity index (χ2v) is 7.07. The molecule has 1 saturated heterocycles. The van der Waals surface area contributed by atoms with Crippen LogP contribution in [-0.2, 0) is 9.59 Å². The molecule has 0 saturated carbocycles. The van der Waals surface area contributed by atoms with Crippen LogP contribution in [0.5, 0.6) is 0 Å². The van der Waals surface area contributed by atoms with Gasteiger partial charge in [-0.3, -0.25) is 14.4 Å². The van der Waals surface area contributed by atoms with E-state index in [1.165, 1.54) is 11.8 Å². The summed E-state index contributed by atoms with van der Waals surface area (Å²) in [5, 5.41) is 9.65. The van der Waals surface area contributed by atoms with Crippen molar-refractivity contribution in [2.24, 2.45) is 11.8 Å². The van der Waals surface area contributed by atoms with Crippen LogP contribution in [0.25, 0.3) is 0 Å². The van der Waals surface area contributed by atoms with Crippen LogP contribution in [0.4, 0.5) is 0 Å². The Bertz CT molecular complexity index is 605. The molecule has 0 radical (unpaired) electrons. The number of likely N-dealkylation sites (tertiary alicyclic amines) is 1. The minimum Gasteiger partial charge on any atom is -0.481 e. The number of hydrogen-bond donors (Lipinski definition) is 1. The molecule has 1 N–H and O–H groups in total. The Morgan fingerprint density at radius 2 is 1.87 bits per heavy atom. The van der Waals surface area contributed by atoms with Crippen molar-refractivity contribution in [1.29, 1.82) is 0 Å². The fourth-order valence-electron chi connectivity index (χ4n) is 2.53. The maximum atomic E-state index is 12.1. The van der Waals surface area contributed by atoms with Crippen LogP contribution in [0.3, 0.4) is 0 Å². The first-order valence-corrected chi connectivity index (χ1v) is 8.79. The molecule has 124 valence electrons. The fraction of sp³-hybridized carbons (Fsp3) is 0.438. The summed E-state index contributed by atoms with van der Waals surface area (Å²) < 4.78 is 0. The van der Waals surface area contributed by atoms with Gasteiger partial charge in [0.2, 0.25) is 5.91 Å². The molecule has 1 aliphatic heterocycles. The molecule has 0 aliphatic carbocycles. The predicted molar refractivity (Wildman–Crippen MR) is 90.0 cm³/mol. The molecule has 0 spiro atoms. The molecule has 1 amide bonds. The average Bonchev–Trinajstić information content (AvgIpc) is 2.90. The van der Waals surface area contributed by atoms with E-state index in [0.717, 1.165) is 0 Å². The van der Waals surface area contributed by atoms with Gasteiger partial charge in [0.1, 0.15) is 0 Å². The second-order valence-electron chi connectivity index (χ2n) is 5.64. The summed E-state index contributed by atoms with van der Waals surface area (Å²) >= 11 is 7.02. The summed E-state index contributed by atoms with van der Waals surface area (Å²) in [5.41, 5.74) is 0.565. The minimum atomic E-state index is -0.863.